The van der Waals surface area contributed by atoms with Crippen LogP contribution in [0.2, 0.25) is 0 Å². The number of carbonyl (C=O) groups excluding carboxylic acids is 2. The molecule has 0 spiro atoms. The number of aromatic nitrogens is 3. The molecule has 0 unspecified atom stereocenters. The largest absolute Gasteiger partial charge is 0.491 e. The molecule has 1 aliphatic heterocycles. The summed E-state index contributed by atoms with van der Waals surface area (Å²) in [6.07, 6.45) is 8.85. The maximum atomic E-state index is 12.8. The third kappa shape index (κ3) is 7.08. The Morgan fingerprint density at radius 1 is 1.10 bits per heavy atom. The van der Waals surface area contributed by atoms with Crippen LogP contribution in [0.5, 0.6) is 11.5 Å². The number of hydrogen-bond acceptors (Lipinski definition) is 8. The standard InChI is InChI=1S/C32H34N6O4/c1-41-29-27(42-21-19-33-16-6-5-11-25(39)13-12-23-8-3-2-4-9-23)15-14-26-28(29)36-32(38-20-18-35-30(26)38)37-31(40)24-10-7-17-34-22-24/h2-4,7-10,12-15,17,22,33,35H,5-6,11,16,18-21H2,1H3/b13-12+,37-32?. The van der Waals surface area contributed by atoms with Gasteiger partial charge in [0.25, 0.3) is 5.91 Å². The van der Waals surface area contributed by atoms with Crippen molar-refractivity contribution in [2.45, 2.75) is 25.8 Å². The number of benzene rings is 2. The molecule has 5 rings (SSSR count). The SMILES string of the molecule is COc1c(OCCNCCCCC(=O)/C=C/c2ccccc2)ccc2c3n(c(=NC(=O)c4cccnc4)nc12)CCN3. The predicted octanol–water partition coefficient (Wildman–Crippen LogP) is 4.03. The topological polar surface area (TPSA) is 120 Å². The number of methoxy groups -OCH3 is 1. The van der Waals surface area contributed by atoms with Gasteiger partial charge in [0.1, 0.15) is 17.9 Å². The van der Waals surface area contributed by atoms with Gasteiger partial charge in [0.05, 0.1) is 12.7 Å². The zero-order valence-electron chi connectivity index (χ0n) is 23.6. The van der Waals surface area contributed by atoms with Crippen LogP contribution in [-0.2, 0) is 11.3 Å². The van der Waals surface area contributed by atoms with Crippen LogP contribution in [0, 0.1) is 0 Å². The van der Waals surface area contributed by atoms with E-state index in [1.165, 1.54) is 6.20 Å². The molecule has 10 heteroatoms. The number of nitrogens with one attached hydrogen (secondary N) is 2. The maximum Gasteiger partial charge on any atom is 0.281 e. The number of unbranched alkanes of at least 4 members (excludes halogenated alkanes) is 1. The lowest BCUT2D eigenvalue weighted by atomic mass is 10.1. The smallest absolute Gasteiger partial charge is 0.281 e. The summed E-state index contributed by atoms with van der Waals surface area (Å²) in [4.78, 5) is 37.9. The highest BCUT2D eigenvalue weighted by Gasteiger charge is 2.21. The summed E-state index contributed by atoms with van der Waals surface area (Å²) in [6, 6.07) is 17.0. The fourth-order valence-electron chi connectivity index (χ4n) is 4.73. The molecule has 0 bridgehead atoms. The van der Waals surface area contributed by atoms with Crippen LogP contribution in [0.1, 0.15) is 35.2 Å². The molecule has 4 aromatic rings. The van der Waals surface area contributed by atoms with E-state index < -0.39 is 5.91 Å². The summed E-state index contributed by atoms with van der Waals surface area (Å²) >= 11 is 0. The normalized spacial score (nSPS) is 12.8. The summed E-state index contributed by atoms with van der Waals surface area (Å²) in [7, 11) is 1.57. The Bertz CT molecular complexity index is 1630. The van der Waals surface area contributed by atoms with Gasteiger partial charge < -0.3 is 20.1 Å². The van der Waals surface area contributed by atoms with Crippen LogP contribution in [0.4, 0.5) is 5.82 Å². The lowest BCUT2D eigenvalue weighted by Crippen LogP contribution is -2.25. The third-order valence-electron chi connectivity index (χ3n) is 6.84. The molecule has 0 aliphatic carbocycles. The Balaban J connectivity index is 1.16. The molecular formula is C32H34N6O4. The molecule has 0 atom stereocenters. The first-order valence-corrected chi connectivity index (χ1v) is 14.1. The molecule has 0 radical (unpaired) electrons. The van der Waals surface area contributed by atoms with Gasteiger partial charge in [-0.15, -0.1) is 0 Å². The van der Waals surface area contributed by atoms with E-state index in [1.54, 1.807) is 31.5 Å². The average molecular weight is 567 g/mol. The van der Waals surface area contributed by atoms with Crippen molar-refractivity contribution in [3.8, 4) is 11.5 Å². The number of carbonyl (C=O) groups is 2. The van der Waals surface area contributed by atoms with Crippen molar-refractivity contribution in [3.63, 3.8) is 0 Å². The lowest BCUT2D eigenvalue weighted by molar-refractivity contribution is -0.114. The lowest BCUT2D eigenvalue weighted by Gasteiger charge is -2.15. The fraction of sp³-hybridized carbons (Fsp3) is 0.281. The van der Waals surface area contributed by atoms with Crippen molar-refractivity contribution in [1.82, 2.24) is 19.9 Å². The summed E-state index contributed by atoms with van der Waals surface area (Å²) in [5, 5.41) is 7.59. The quantitative estimate of drug-likeness (QED) is 0.184. The molecular weight excluding hydrogens is 532 g/mol. The zero-order chi connectivity index (χ0) is 29.1. The molecule has 2 aromatic heterocycles. The van der Waals surface area contributed by atoms with E-state index in [1.807, 2.05) is 53.1 Å². The number of hydrogen-bond donors (Lipinski definition) is 2. The number of anilines is 1. The van der Waals surface area contributed by atoms with E-state index in [0.717, 1.165) is 36.2 Å². The highest BCUT2D eigenvalue weighted by molar-refractivity contribution is 5.96. The highest BCUT2D eigenvalue weighted by atomic mass is 16.5. The van der Waals surface area contributed by atoms with E-state index >= 15 is 0 Å². The van der Waals surface area contributed by atoms with Crippen LogP contribution >= 0.6 is 0 Å². The third-order valence-corrected chi connectivity index (χ3v) is 6.84. The summed E-state index contributed by atoms with van der Waals surface area (Å²) < 4.78 is 13.7. The molecule has 1 amide bonds. The molecule has 3 heterocycles. The van der Waals surface area contributed by atoms with Gasteiger partial charge in [0, 0.05) is 43.8 Å². The van der Waals surface area contributed by atoms with Gasteiger partial charge in [0.2, 0.25) is 5.62 Å². The van der Waals surface area contributed by atoms with Gasteiger partial charge >= 0.3 is 0 Å². The summed E-state index contributed by atoms with van der Waals surface area (Å²) in [6.45, 7) is 3.20. The van der Waals surface area contributed by atoms with E-state index in [0.29, 0.717) is 60.9 Å². The zero-order valence-corrected chi connectivity index (χ0v) is 23.6. The first kappa shape index (κ1) is 28.7. The first-order valence-electron chi connectivity index (χ1n) is 14.1. The van der Waals surface area contributed by atoms with Crippen LogP contribution < -0.4 is 25.7 Å². The molecule has 10 nitrogen and oxygen atoms in total. The molecule has 2 N–H and O–H groups in total. The second-order valence-electron chi connectivity index (χ2n) is 9.76. The van der Waals surface area contributed by atoms with Crippen LogP contribution in [0.25, 0.3) is 17.0 Å². The number of fused-ring (bicyclic) bond motifs is 3. The maximum absolute atomic E-state index is 12.8. The van der Waals surface area contributed by atoms with E-state index in [9.17, 15) is 9.59 Å². The minimum atomic E-state index is -0.415. The minimum absolute atomic E-state index is 0.135. The number of ether oxygens (including phenoxy) is 2. The Kier molecular flexibility index (Phi) is 9.69. The van der Waals surface area contributed by atoms with Gasteiger partial charge in [-0.25, -0.2) is 4.98 Å². The fourth-order valence-corrected chi connectivity index (χ4v) is 4.73. The number of ketones is 1. The van der Waals surface area contributed by atoms with Crippen LogP contribution in [0.3, 0.4) is 0 Å². The molecule has 0 saturated heterocycles. The monoisotopic (exact) mass is 566 g/mol. The minimum Gasteiger partial charge on any atom is -0.491 e. The predicted molar refractivity (Wildman–Crippen MR) is 162 cm³/mol. The molecule has 2 aromatic carbocycles. The number of amides is 1. The Labute approximate surface area is 244 Å². The molecule has 1 aliphatic rings. The van der Waals surface area contributed by atoms with Gasteiger partial charge in [0.15, 0.2) is 17.3 Å². The average Bonchev–Trinajstić information content (AvgIpc) is 3.53. The van der Waals surface area contributed by atoms with Crippen molar-refractivity contribution >= 4 is 34.5 Å². The van der Waals surface area contributed by atoms with Gasteiger partial charge in [-0.2, -0.15) is 4.99 Å². The molecule has 42 heavy (non-hydrogen) atoms. The van der Waals surface area contributed by atoms with Crippen molar-refractivity contribution in [1.29, 1.82) is 0 Å². The second kappa shape index (κ2) is 14.2. The highest BCUT2D eigenvalue weighted by Crippen LogP contribution is 2.37. The number of allylic oxidation sites excluding steroid dienone is 1. The van der Waals surface area contributed by atoms with Gasteiger partial charge in [-0.1, -0.05) is 36.4 Å². The van der Waals surface area contributed by atoms with Crippen LogP contribution in [0.15, 0.2) is 78.1 Å². The van der Waals surface area contributed by atoms with Crippen LogP contribution in [-0.4, -0.2) is 59.6 Å². The van der Waals surface area contributed by atoms with Crippen molar-refractivity contribution in [3.05, 3.63) is 89.8 Å². The molecule has 0 saturated carbocycles. The Morgan fingerprint density at radius 2 is 1.98 bits per heavy atom. The molecule has 0 fully saturated rings. The van der Waals surface area contributed by atoms with Crippen molar-refractivity contribution < 1.29 is 19.1 Å². The Hall–Kier alpha value is -4.83. The van der Waals surface area contributed by atoms with E-state index in [-0.39, 0.29) is 5.78 Å². The van der Waals surface area contributed by atoms with Crippen molar-refractivity contribution in [2.24, 2.45) is 4.99 Å². The van der Waals surface area contributed by atoms with E-state index in [2.05, 4.69) is 20.6 Å². The van der Waals surface area contributed by atoms with E-state index in [4.69, 9.17) is 14.5 Å². The van der Waals surface area contributed by atoms with Gasteiger partial charge in [-0.05, 0) is 55.3 Å². The van der Waals surface area contributed by atoms with Crippen molar-refractivity contribution in [2.75, 3.05) is 38.7 Å². The number of nitrogens with zero attached hydrogens (tertiary/aromatic N) is 4. The number of rotatable bonds is 13. The van der Waals surface area contributed by atoms with Gasteiger partial charge in [-0.3, -0.25) is 19.1 Å². The Morgan fingerprint density at radius 3 is 2.79 bits per heavy atom. The first-order chi connectivity index (χ1) is 20.6. The summed E-state index contributed by atoms with van der Waals surface area (Å²) in [5.41, 5.74) is 2.27. The summed E-state index contributed by atoms with van der Waals surface area (Å²) in [5.74, 6) is 1.59. The number of pyridine rings is 1. The molecule has 216 valence electrons. The second-order valence-corrected chi connectivity index (χ2v) is 9.76.